The molecule has 0 saturated carbocycles. The lowest BCUT2D eigenvalue weighted by atomic mass is 10.0. The second-order valence-electron chi connectivity index (χ2n) is 9.16. The van der Waals surface area contributed by atoms with Crippen LogP contribution in [0.25, 0.3) is 10.9 Å². The number of H-pyrrole nitrogens is 1. The summed E-state index contributed by atoms with van der Waals surface area (Å²) in [7, 11) is 0. The van der Waals surface area contributed by atoms with Crippen LogP contribution < -0.4 is 22.1 Å². The molecule has 0 aliphatic carbocycles. The summed E-state index contributed by atoms with van der Waals surface area (Å²) >= 11 is 0. The van der Waals surface area contributed by atoms with Gasteiger partial charge in [0.2, 0.25) is 23.6 Å². The predicted molar refractivity (Wildman–Crippen MR) is 132 cm³/mol. The van der Waals surface area contributed by atoms with Gasteiger partial charge in [-0.25, -0.2) is 4.79 Å². The van der Waals surface area contributed by atoms with Gasteiger partial charge in [-0.1, -0.05) is 18.2 Å². The van der Waals surface area contributed by atoms with Crippen molar-refractivity contribution < 1.29 is 34.2 Å². The molecule has 3 rings (SSSR count). The minimum absolute atomic E-state index is 0.00688. The van der Waals surface area contributed by atoms with Gasteiger partial charge in [-0.2, -0.15) is 0 Å². The number of aliphatic hydroxyl groups excluding tert-OH is 1. The summed E-state index contributed by atoms with van der Waals surface area (Å²) in [5.41, 5.74) is 12.4. The van der Waals surface area contributed by atoms with Gasteiger partial charge in [0.25, 0.3) is 0 Å². The number of nitrogens with one attached hydrogen (secondary N) is 3. The molecule has 4 amide bonds. The summed E-state index contributed by atoms with van der Waals surface area (Å²) in [6, 6.07) is 2.27. The number of nitrogens with zero attached hydrogens (tertiary/aromatic N) is 1. The zero-order valence-corrected chi connectivity index (χ0v) is 20.3. The van der Waals surface area contributed by atoms with Gasteiger partial charge in [0.15, 0.2) is 0 Å². The summed E-state index contributed by atoms with van der Waals surface area (Å²) in [5.74, 6) is -4.30. The van der Waals surface area contributed by atoms with E-state index in [9.17, 15) is 34.2 Å². The van der Waals surface area contributed by atoms with E-state index in [1.807, 2.05) is 24.3 Å². The number of benzene rings is 1. The minimum atomic E-state index is -1.45. The summed E-state index contributed by atoms with van der Waals surface area (Å²) in [6.45, 7) is 1.47. The van der Waals surface area contributed by atoms with Gasteiger partial charge in [0.1, 0.15) is 18.1 Å². The summed E-state index contributed by atoms with van der Waals surface area (Å²) < 4.78 is 0. The second kappa shape index (κ2) is 11.8. The number of para-hydroxylation sites is 1. The Morgan fingerprint density at radius 3 is 2.51 bits per heavy atom. The van der Waals surface area contributed by atoms with Gasteiger partial charge in [-0.3, -0.25) is 19.2 Å². The molecule has 1 saturated heterocycles. The van der Waals surface area contributed by atoms with Gasteiger partial charge < -0.3 is 42.2 Å². The average Bonchev–Trinajstić information content (AvgIpc) is 3.48. The van der Waals surface area contributed by atoms with Crippen LogP contribution >= 0.6 is 0 Å². The third-order valence-corrected chi connectivity index (χ3v) is 6.36. The number of aliphatic carboxylic acids is 1. The van der Waals surface area contributed by atoms with Crippen molar-refractivity contribution in [1.29, 1.82) is 0 Å². The van der Waals surface area contributed by atoms with Crippen molar-refractivity contribution in [2.75, 3.05) is 6.54 Å². The normalized spacial score (nSPS) is 18.6. The number of nitrogens with two attached hydrogens (primary N) is 2. The number of likely N-dealkylation sites (tertiary alicyclic amines) is 1. The van der Waals surface area contributed by atoms with Crippen LogP contribution in [0.2, 0.25) is 0 Å². The monoisotopic (exact) mass is 516 g/mol. The maximum atomic E-state index is 13.4. The average molecular weight is 517 g/mol. The highest BCUT2D eigenvalue weighted by molar-refractivity contribution is 5.96. The molecule has 200 valence electrons. The molecule has 2 heterocycles. The molecule has 2 aromatic rings. The van der Waals surface area contributed by atoms with E-state index >= 15 is 0 Å². The van der Waals surface area contributed by atoms with E-state index in [0.29, 0.717) is 12.0 Å². The second-order valence-corrected chi connectivity index (χ2v) is 9.16. The Hall–Kier alpha value is -3.97. The Labute approximate surface area is 212 Å². The summed E-state index contributed by atoms with van der Waals surface area (Å²) in [5, 5.41) is 25.5. The number of carboxylic acid groups (broad SMARTS) is 1. The van der Waals surface area contributed by atoms with Crippen LogP contribution in [0.5, 0.6) is 0 Å². The Bertz CT molecular complexity index is 1180. The van der Waals surface area contributed by atoms with E-state index in [-0.39, 0.29) is 19.4 Å². The Kier molecular flexibility index (Phi) is 8.84. The number of fused-ring (bicyclic) bond motifs is 1. The van der Waals surface area contributed by atoms with Crippen LogP contribution in [0.15, 0.2) is 30.5 Å². The van der Waals surface area contributed by atoms with Crippen LogP contribution in [0.3, 0.4) is 0 Å². The van der Waals surface area contributed by atoms with Crippen LogP contribution in [0.4, 0.5) is 0 Å². The van der Waals surface area contributed by atoms with Crippen molar-refractivity contribution in [3.63, 3.8) is 0 Å². The van der Waals surface area contributed by atoms with Crippen molar-refractivity contribution in [3.8, 4) is 0 Å². The van der Waals surface area contributed by atoms with Gasteiger partial charge in [-0.05, 0) is 31.4 Å². The highest BCUT2D eigenvalue weighted by Crippen LogP contribution is 2.21. The molecule has 1 fully saturated rings. The molecule has 1 aromatic heterocycles. The van der Waals surface area contributed by atoms with Crippen molar-refractivity contribution in [2.45, 2.75) is 62.9 Å². The van der Waals surface area contributed by atoms with Crippen molar-refractivity contribution in [2.24, 2.45) is 11.5 Å². The third kappa shape index (κ3) is 6.62. The summed E-state index contributed by atoms with van der Waals surface area (Å²) in [4.78, 5) is 66.1. The first-order chi connectivity index (χ1) is 17.5. The zero-order valence-electron chi connectivity index (χ0n) is 20.3. The first-order valence-electron chi connectivity index (χ1n) is 11.9. The van der Waals surface area contributed by atoms with Crippen LogP contribution in [-0.2, 0) is 30.4 Å². The quantitative estimate of drug-likeness (QED) is 0.183. The van der Waals surface area contributed by atoms with Gasteiger partial charge in [0.05, 0.1) is 18.6 Å². The lowest BCUT2D eigenvalue weighted by Crippen LogP contribution is -2.60. The fourth-order valence-corrected chi connectivity index (χ4v) is 4.43. The van der Waals surface area contributed by atoms with E-state index in [2.05, 4.69) is 15.6 Å². The fourth-order valence-electron chi connectivity index (χ4n) is 4.43. The highest BCUT2D eigenvalue weighted by atomic mass is 16.4. The van der Waals surface area contributed by atoms with E-state index in [0.717, 1.165) is 15.8 Å². The summed E-state index contributed by atoms with van der Waals surface area (Å²) in [6.07, 6.45) is 0.617. The van der Waals surface area contributed by atoms with Crippen molar-refractivity contribution in [3.05, 3.63) is 36.0 Å². The maximum Gasteiger partial charge on any atom is 0.326 e. The molecule has 5 unspecified atom stereocenters. The highest BCUT2D eigenvalue weighted by Gasteiger charge is 2.40. The number of hydrogen-bond acceptors (Lipinski definition) is 7. The van der Waals surface area contributed by atoms with Crippen LogP contribution in [0, 0.1) is 0 Å². The standard InChI is InChI=1S/C24H32N6O7/c1-12(31)20(23(35)30-8-4-7-18(30)24(36)37)29-22(34)17(28-21(33)15(25)10-19(26)32)9-13-11-27-16-6-3-2-5-14(13)16/h2-3,5-6,11-12,15,17-18,20,27,31H,4,7-10,25H2,1H3,(H2,26,32)(H,28,33)(H,29,34)(H,36,37). The third-order valence-electron chi connectivity index (χ3n) is 6.36. The molecule has 0 bridgehead atoms. The number of carbonyl (C=O) groups is 5. The Balaban J connectivity index is 1.84. The van der Waals surface area contributed by atoms with E-state index in [1.54, 1.807) is 6.20 Å². The molecule has 0 radical (unpaired) electrons. The number of hydrogen-bond donors (Lipinski definition) is 7. The van der Waals surface area contributed by atoms with Crippen molar-refractivity contribution in [1.82, 2.24) is 20.5 Å². The number of aromatic amines is 1. The molecular weight excluding hydrogens is 484 g/mol. The number of carbonyl (C=O) groups excluding carboxylic acids is 4. The Morgan fingerprint density at radius 1 is 1.16 bits per heavy atom. The maximum absolute atomic E-state index is 13.4. The molecule has 1 aliphatic heterocycles. The fraction of sp³-hybridized carbons (Fsp3) is 0.458. The van der Waals surface area contributed by atoms with Crippen molar-refractivity contribution >= 4 is 40.5 Å². The van der Waals surface area contributed by atoms with E-state index in [1.165, 1.54) is 6.92 Å². The zero-order chi connectivity index (χ0) is 27.3. The molecule has 1 aliphatic rings. The van der Waals surface area contributed by atoms with E-state index in [4.69, 9.17) is 11.5 Å². The topological polar surface area (TPSA) is 221 Å². The largest absolute Gasteiger partial charge is 0.480 e. The molecule has 13 heteroatoms. The van der Waals surface area contributed by atoms with Gasteiger partial charge in [-0.15, -0.1) is 0 Å². The molecule has 0 spiro atoms. The molecule has 9 N–H and O–H groups in total. The van der Waals surface area contributed by atoms with Gasteiger partial charge >= 0.3 is 5.97 Å². The molecule has 13 nitrogen and oxygen atoms in total. The first-order valence-corrected chi connectivity index (χ1v) is 11.9. The number of carboxylic acids is 1. The number of rotatable bonds is 11. The van der Waals surface area contributed by atoms with Gasteiger partial charge in [0, 0.05) is 30.1 Å². The Morgan fingerprint density at radius 2 is 1.86 bits per heavy atom. The molecular formula is C24H32N6O7. The first kappa shape index (κ1) is 27.6. The number of aliphatic hydroxyl groups is 1. The number of aromatic nitrogens is 1. The molecule has 37 heavy (non-hydrogen) atoms. The SMILES string of the molecule is CC(O)C(NC(=O)C(Cc1c[nH]c2ccccc12)NC(=O)C(N)CC(N)=O)C(=O)N1CCCC1C(=O)O. The lowest BCUT2D eigenvalue weighted by molar-refractivity contribution is -0.150. The lowest BCUT2D eigenvalue weighted by Gasteiger charge is -2.30. The molecule has 1 aromatic carbocycles. The van der Waals surface area contributed by atoms with E-state index < -0.39 is 66.3 Å². The molecule has 5 atom stereocenters. The number of amides is 4. The van der Waals surface area contributed by atoms with Crippen LogP contribution in [0.1, 0.15) is 31.7 Å². The predicted octanol–water partition coefficient (Wildman–Crippen LogP) is -1.66. The minimum Gasteiger partial charge on any atom is -0.480 e. The smallest absolute Gasteiger partial charge is 0.326 e. The number of primary amides is 1. The van der Waals surface area contributed by atoms with Crippen LogP contribution in [-0.4, -0.2) is 86.5 Å².